The Hall–Kier alpha value is -1.34. The van der Waals surface area contributed by atoms with Gasteiger partial charge in [-0.15, -0.1) is 11.3 Å². The minimum atomic E-state index is -0.00146. The molecular weight excluding hydrogens is 366 g/mol. The summed E-state index contributed by atoms with van der Waals surface area (Å²) in [5.74, 6) is 0.287. The van der Waals surface area contributed by atoms with Crippen molar-refractivity contribution in [2.24, 2.45) is 0 Å². The lowest BCUT2D eigenvalue weighted by molar-refractivity contribution is -0.119. The first kappa shape index (κ1) is 19.4. The first-order valence-electron chi connectivity index (χ1n) is 9.52. The summed E-state index contributed by atoms with van der Waals surface area (Å²) in [5.41, 5.74) is 1.28. The molecule has 1 aliphatic carbocycles. The minimum absolute atomic E-state index is 0.00146. The summed E-state index contributed by atoms with van der Waals surface area (Å²) in [6.45, 7) is 6.66. The van der Waals surface area contributed by atoms with E-state index in [9.17, 15) is 9.59 Å². The number of amides is 1. The molecule has 5 nitrogen and oxygen atoms in total. The lowest BCUT2D eigenvalue weighted by Gasteiger charge is -2.14. The standard InChI is InChI=1S/C19H27N3O2S2/c1-4-8-12(3)20-15(23)11-25-19-21-17-16(18(24)22(19)5-2)13-9-6-7-10-14(13)26-17/h12H,4-11H2,1-3H3,(H,20,23)/t12-/m1/s1. The van der Waals surface area contributed by atoms with Crippen LogP contribution in [0.5, 0.6) is 0 Å². The smallest absolute Gasteiger partial charge is 0.263 e. The van der Waals surface area contributed by atoms with E-state index in [-0.39, 0.29) is 23.3 Å². The molecule has 0 saturated carbocycles. The van der Waals surface area contributed by atoms with Crippen LogP contribution in [0.15, 0.2) is 9.95 Å². The van der Waals surface area contributed by atoms with E-state index < -0.39 is 0 Å². The van der Waals surface area contributed by atoms with Gasteiger partial charge in [0.1, 0.15) is 4.83 Å². The molecule has 7 heteroatoms. The van der Waals surface area contributed by atoms with Crippen molar-refractivity contribution in [3.05, 3.63) is 20.8 Å². The highest BCUT2D eigenvalue weighted by molar-refractivity contribution is 7.99. The Morgan fingerprint density at radius 3 is 2.85 bits per heavy atom. The van der Waals surface area contributed by atoms with E-state index in [2.05, 4.69) is 12.2 Å². The number of fused-ring (bicyclic) bond motifs is 3. The Morgan fingerprint density at radius 2 is 2.12 bits per heavy atom. The van der Waals surface area contributed by atoms with Crippen molar-refractivity contribution in [1.82, 2.24) is 14.9 Å². The predicted octanol–water partition coefficient (Wildman–Crippen LogP) is 3.75. The van der Waals surface area contributed by atoms with Crippen LogP contribution in [0.4, 0.5) is 0 Å². The normalized spacial score (nSPS) is 15.0. The van der Waals surface area contributed by atoms with Gasteiger partial charge in [0.15, 0.2) is 5.16 Å². The fourth-order valence-corrected chi connectivity index (χ4v) is 5.74. The van der Waals surface area contributed by atoms with Gasteiger partial charge < -0.3 is 5.32 Å². The average Bonchev–Trinajstić information content (AvgIpc) is 2.98. The molecule has 2 aromatic rings. The average molecular weight is 394 g/mol. The molecule has 0 spiro atoms. The zero-order valence-electron chi connectivity index (χ0n) is 15.8. The molecule has 26 heavy (non-hydrogen) atoms. The van der Waals surface area contributed by atoms with Crippen LogP contribution >= 0.6 is 23.1 Å². The molecule has 0 radical (unpaired) electrons. The van der Waals surface area contributed by atoms with E-state index in [0.29, 0.717) is 11.7 Å². The molecule has 1 amide bonds. The zero-order valence-corrected chi connectivity index (χ0v) is 17.4. The van der Waals surface area contributed by atoms with Crippen LogP contribution in [0.2, 0.25) is 0 Å². The molecule has 1 N–H and O–H groups in total. The maximum atomic E-state index is 13.0. The summed E-state index contributed by atoms with van der Waals surface area (Å²) in [6, 6.07) is 0.181. The molecule has 1 atom stereocenters. The highest BCUT2D eigenvalue weighted by atomic mass is 32.2. The molecule has 0 bridgehead atoms. The quantitative estimate of drug-likeness (QED) is 0.575. The Bertz CT molecular complexity index is 857. The maximum absolute atomic E-state index is 13.0. The van der Waals surface area contributed by atoms with Crippen LogP contribution in [-0.2, 0) is 24.2 Å². The van der Waals surface area contributed by atoms with Gasteiger partial charge >= 0.3 is 0 Å². The molecule has 0 aliphatic heterocycles. The second-order valence-electron chi connectivity index (χ2n) is 6.88. The van der Waals surface area contributed by atoms with E-state index in [1.165, 1.54) is 28.6 Å². The molecule has 142 valence electrons. The third-order valence-electron chi connectivity index (χ3n) is 4.82. The number of thiophene rings is 1. The van der Waals surface area contributed by atoms with Crippen molar-refractivity contribution >= 4 is 39.2 Å². The Morgan fingerprint density at radius 1 is 1.35 bits per heavy atom. The highest BCUT2D eigenvalue weighted by Gasteiger charge is 2.22. The van der Waals surface area contributed by atoms with E-state index >= 15 is 0 Å². The van der Waals surface area contributed by atoms with E-state index in [1.807, 2.05) is 13.8 Å². The Labute approximate surface area is 162 Å². The van der Waals surface area contributed by atoms with Crippen molar-refractivity contribution in [1.29, 1.82) is 0 Å². The maximum Gasteiger partial charge on any atom is 0.263 e. The fourth-order valence-electron chi connectivity index (χ4n) is 3.56. The lowest BCUT2D eigenvalue weighted by Crippen LogP contribution is -2.34. The summed E-state index contributed by atoms with van der Waals surface area (Å²) in [6.07, 6.45) is 6.41. The molecule has 0 saturated heterocycles. The van der Waals surface area contributed by atoms with Crippen LogP contribution < -0.4 is 10.9 Å². The summed E-state index contributed by atoms with van der Waals surface area (Å²) in [4.78, 5) is 32.1. The van der Waals surface area contributed by atoms with Gasteiger partial charge in [-0.2, -0.15) is 0 Å². The second-order valence-corrected chi connectivity index (χ2v) is 8.91. The minimum Gasteiger partial charge on any atom is -0.353 e. The number of rotatable bonds is 7. The second kappa shape index (κ2) is 8.57. The number of carbonyl (C=O) groups excluding carboxylic acids is 1. The number of thioether (sulfide) groups is 1. The van der Waals surface area contributed by atoms with Crippen LogP contribution in [-0.4, -0.2) is 27.3 Å². The van der Waals surface area contributed by atoms with Crippen LogP contribution in [0.3, 0.4) is 0 Å². The zero-order chi connectivity index (χ0) is 18.7. The number of hydrogen-bond donors (Lipinski definition) is 1. The van der Waals surface area contributed by atoms with Crippen LogP contribution in [0.1, 0.15) is 56.9 Å². The molecule has 1 aliphatic rings. The van der Waals surface area contributed by atoms with E-state index in [1.54, 1.807) is 15.9 Å². The Balaban J connectivity index is 1.84. The Kier molecular flexibility index (Phi) is 6.40. The molecule has 0 unspecified atom stereocenters. The van der Waals surface area contributed by atoms with Crippen molar-refractivity contribution in [2.75, 3.05) is 5.75 Å². The molecular formula is C19H27N3O2S2. The van der Waals surface area contributed by atoms with Gasteiger partial charge in [-0.05, 0) is 51.5 Å². The largest absolute Gasteiger partial charge is 0.353 e. The summed E-state index contributed by atoms with van der Waals surface area (Å²) < 4.78 is 1.72. The third-order valence-corrected chi connectivity index (χ3v) is 6.98. The van der Waals surface area contributed by atoms with Gasteiger partial charge in [0.2, 0.25) is 5.91 Å². The molecule has 0 aromatic carbocycles. The predicted molar refractivity (Wildman–Crippen MR) is 109 cm³/mol. The lowest BCUT2D eigenvalue weighted by atomic mass is 9.97. The van der Waals surface area contributed by atoms with Gasteiger partial charge in [-0.1, -0.05) is 25.1 Å². The van der Waals surface area contributed by atoms with Crippen molar-refractivity contribution in [3.63, 3.8) is 0 Å². The summed E-state index contributed by atoms with van der Waals surface area (Å²) >= 11 is 3.02. The van der Waals surface area contributed by atoms with Crippen molar-refractivity contribution in [3.8, 4) is 0 Å². The van der Waals surface area contributed by atoms with E-state index in [4.69, 9.17) is 4.98 Å². The third kappa shape index (κ3) is 3.98. The topological polar surface area (TPSA) is 64.0 Å². The molecule has 2 aromatic heterocycles. The van der Waals surface area contributed by atoms with Crippen LogP contribution in [0, 0.1) is 0 Å². The monoisotopic (exact) mass is 393 g/mol. The number of aromatic nitrogens is 2. The van der Waals surface area contributed by atoms with Gasteiger partial charge in [0.25, 0.3) is 5.56 Å². The summed E-state index contributed by atoms with van der Waals surface area (Å²) in [5, 5.41) is 4.48. The number of aryl methyl sites for hydroxylation is 2. The van der Waals surface area contributed by atoms with Crippen LogP contribution in [0.25, 0.3) is 10.2 Å². The number of nitrogens with one attached hydrogen (secondary N) is 1. The number of nitrogens with zero attached hydrogens (tertiary/aromatic N) is 2. The highest BCUT2D eigenvalue weighted by Crippen LogP contribution is 2.34. The van der Waals surface area contributed by atoms with Gasteiger partial charge in [0.05, 0.1) is 11.1 Å². The number of carbonyl (C=O) groups is 1. The fraction of sp³-hybridized carbons (Fsp3) is 0.632. The van der Waals surface area contributed by atoms with E-state index in [0.717, 1.165) is 42.3 Å². The van der Waals surface area contributed by atoms with Gasteiger partial charge in [0, 0.05) is 17.5 Å². The molecule has 3 rings (SSSR count). The van der Waals surface area contributed by atoms with Gasteiger partial charge in [-0.3, -0.25) is 14.2 Å². The summed E-state index contributed by atoms with van der Waals surface area (Å²) in [7, 11) is 0. The van der Waals surface area contributed by atoms with Gasteiger partial charge in [-0.25, -0.2) is 4.98 Å². The number of hydrogen-bond acceptors (Lipinski definition) is 5. The molecule has 0 fully saturated rings. The first-order chi connectivity index (χ1) is 12.5. The van der Waals surface area contributed by atoms with Crippen molar-refractivity contribution < 1.29 is 4.79 Å². The SMILES string of the molecule is CCC[C@@H](C)NC(=O)CSc1nc2sc3c(c2c(=O)n1CC)CCCC3. The van der Waals surface area contributed by atoms with Crippen molar-refractivity contribution in [2.45, 2.75) is 77.0 Å². The molecule has 2 heterocycles. The first-order valence-corrected chi connectivity index (χ1v) is 11.3.